The lowest BCUT2D eigenvalue weighted by Gasteiger charge is -2.28. The molecular formula is C27H24F3N3O4. The van der Waals surface area contributed by atoms with Crippen LogP contribution in [0.5, 0.6) is 11.5 Å². The molecule has 5 rings (SSSR count). The summed E-state index contributed by atoms with van der Waals surface area (Å²) in [7, 11) is 0. The molecular weight excluding hydrogens is 487 g/mol. The molecule has 3 aromatic carbocycles. The van der Waals surface area contributed by atoms with Crippen LogP contribution in [0.1, 0.15) is 31.1 Å². The summed E-state index contributed by atoms with van der Waals surface area (Å²) < 4.78 is 59.4. The maximum Gasteiger partial charge on any atom is 0.321 e. The Balaban J connectivity index is 1.46. The number of ether oxygens (including phenoxy) is 3. The van der Waals surface area contributed by atoms with E-state index >= 15 is 0 Å². The fraction of sp³-hybridized carbons (Fsp3) is 0.259. The highest BCUT2D eigenvalue weighted by atomic mass is 19.3. The molecule has 1 aliphatic rings. The van der Waals surface area contributed by atoms with Gasteiger partial charge in [0.1, 0.15) is 23.4 Å². The van der Waals surface area contributed by atoms with Crippen molar-refractivity contribution in [1.29, 1.82) is 0 Å². The molecule has 10 heteroatoms. The molecule has 7 nitrogen and oxygen atoms in total. The average Bonchev–Trinajstić information content (AvgIpc) is 3.30. The predicted octanol–water partition coefficient (Wildman–Crippen LogP) is 5.31. The van der Waals surface area contributed by atoms with E-state index in [1.54, 1.807) is 60.3 Å². The summed E-state index contributed by atoms with van der Waals surface area (Å²) in [6.07, 6.45) is 0.837. The number of benzene rings is 3. The van der Waals surface area contributed by atoms with E-state index in [1.165, 1.54) is 12.1 Å². The Morgan fingerprint density at radius 2 is 1.92 bits per heavy atom. The molecule has 1 aromatic heterocycles. The van der Waals surface area contributed by atoms with Crippen LogP contribution in [0.3, 0.4) is 0 Å². The fourth-order valence-corrected chi connectivity index (χ4v) is 4.15. The molecule has 0 spiro atoms. The predicted molar refractivity (Wildman–Crippen MR) is 129 cm³/mol. The number of halogens is 3. The Labute approximate surface area is 210 Å². The number of carbonyl (C=O) groups is 1. The van der Waals surface area contributed by atoms with Crippen molar-refractivity contribution in [1.82, 2.24) is 15.1 Å². The van der Waals surface area contributed by atoms with Crippen molar-refractivity contribution >= 4 is 16.8 Å². The number of hydrogen-bond acceptors (Lipinski definition) is 5. The quantitative estimate of drug-likeness (QED) is 0.364. The van der Waals surface area contributed by atoms with Crippen molar-refractivity contribution in [2.24, 2.45) is 0 Å². The molecule has 0 bridgehead atoms. The van der Waals surface area contributed by atoms with Crippen LogP contribution in [0, 0.1) is 5.82 Å². The molecule has 2 heterocycles. The molecule has 192 valence electrons. The zero-order valence-corrected chi connectivity index (χ0v) is 20.1. The third kappa shape index (κ3) is 5.24. The van der Waals surface area contributed by atoms with E-state index in [9.17, 15) is 18.0 Å². The Hall–Kier alpha value is -4.05. The second kappa shape index (κ2) is 9.78. The molecule has 4 aromatic rings. The van der Waals surface area contributed by atoms with Gasteiger partial charge in [-0.25, -0.2) is 9.07 Å². The summed E-state index contributed by atoms with van der Waals surface area (Å²) in [5, 5.41) is 7.51. The molecule has 2 atom stereocenters. The molecule has 37 heavy (non-hydrogen) atoms. The van der Waals surface area contributed by atoms with Crippen LogP contribution in [0.2, 0.25) is 0 Å². The third-order valence-corrected chi connectivity index (χ3v) is 6.06. The van der Waals surface area contributed by atoms with E-state index in [1.807, 2.05) is 6.07 Å². The zero-order chi connectivity index (χ0) is 26.2. The summed E-state index contributed by atoms with van der Waals surface area (Å²) in [5.74, 6) is -4.23. The first-order valence-corrected chi connectivity index (χ1v) is 11.6. The third-order valence-electron chi connectivity index (χ3n) is 6.06. The van der Waals surface area contributed by atoms with Gasteiger partial charge in [0.05, 0.1) is 30.0 Å². The fourth-order valence-electron chi connectivity index (χ4n) is 4.15. The summed E-state index contributed by atoms with van der Waals surface area (Å²) in [6, 6.07) is 15.8. The van der Waals surface area contributed by atoms with E-state index in [-0.39, 0.29) is 12.6 Å². The Kier molecular flexibility index (Phi) is 6.51. The highest BCUT2D eigenvalue weighted by Gasteiger charge is 2.35. The van der Waals surface area contributed by atoms with Crippen LogP contribution in [-0.2, 0) is 16.1 Å². The average molecular weight is 512 g/mol. The normalized spacial score (nSPS) is 14.9. The van der Waals surface area contributed by atoms with E-state index in [0.29, 0.717) is 36.3 Å². The second-order valence-corrected chi connectivity index (χ2v) is 8.92. The Morgan fingerprint density at radius 3 is 2.68 bits per heavy atom. The molecule has 0 radical (unpaired) electrons. The minimum atomic E-state index is -3.54. The standard InChI is InChI=1S/C27H24F3N3O4/c1-16(32-26(34)27(2,29)30)25(17-3-4-18-14-35-15-36-24(18)12-17)37-22-9-10-23-19(11-22)13-31-33(23)21-7-5-20(28)6-8-21/h3-13,16,25H,14-15H2,1-2H3,(H,32,34)/t16-,25-/m0/s1. The second-order valence-electron chi connectivity index (χ2n) is 8.92. The van der Waals surface area contributed by atoms with Crippen molar-refractivity contribution in [3.8, 4) is 17.2 Å². The maximum atomic E-state index is 13.6. The van der Waals surface area contributed by atoms with Gasteiger partial charge in [-0.15, -0.1) is 0 Å². The maximum absolute atomic E-state index is 13.6. The molecule has 1 N–H and O–H groups in total. The van der Waals surface area contributed by atoms with Crippen LogP contribution in [0.4, 0.5) is 13.2 Å². The van der Waals surface area contributed by atoms with Crippen LogP contribution >= 0.6 is 0 Å². The van der Waals surface area contributed by atoms with Gasteiger partial charge in [-0.2, -0.15) is 13.9 Å². The van der Waals surface area contributed by atoms with E-state index in [2.05, 4.69) is 10.4 Å². The number of aromatic nitrogens is 2. The minimum absolute atomic E-state index is 0.102. The number of nitrogens with zero attached hydrogens (tertiary/aromatic N) is 2. The number of hydrogen-bond donors (Lipinski definition) is 1. The van der Waals surface area contributed by atoms with Gasteiger partial charge < -0.3 is 19.5 Å². The Bertz CT molecular complexity index is 1430. The summed E-state index contributed by atoms with van der Waals surface area (Å²) >= 11 is 0. The molecule has 0 saturated carbocycles. The number of alkyl halides is 2. The molecule has 1 aliphatic heterocycles. The molecule has 0 unspecified atom stereocenters. The number of amides is 1. The first-order valence-electron chi connectivity index (χ1n) is 11.6. The highest BCUT2D eigenvalue weighted by molar-refractivity contribution is 5.83. The van der Waals surface area contributed by atoms with Gasteiger partial charge in [-0.05, 0) is 61.0 Å². The lowest BCUT2D eigenvalue weighted by molar-refractivity contribution is -0.144. The van der Waals surface area contributed by atoms with E-state index in [0.717, 1.165) is 16.5 Å². The van der Waals surface area contributed by atoms with Crippen LogP contribution in [0.15, 0.2) is 66.9 Å². The summed E-state index contributed by atoms with van der Waals surface area (Å²) in [6.45, 7) is 2.64. The summed E-state index contributed by atoms with van der Waals surface area (Å²) in [5.41, 5.74) is 2.94. The number of rotatable bonds is 7. The van der Waals surface area contributed by atoms with Gasteiger partial charge in [0.15, 0.2) is 6.79 Å². The van der Waals surface area contributed by atoms with E-state index in [4.69, 9.17) is 14.2 Å². The molecule has 0 saturated heterocycles. The van der Waals surface area contributed by atoms with Gasteiger partial charge in [-0.1, -0.05) is 12.1 Å². The molecule has 1 amide bonds. The summed E-state index contributed by atoms with van der Waals surface area (Å²) in [4.78, 5) is 12.0. The highest BCUT2D eigenvalue weighted by Crippen LogP contribution is 2.33. The van der Waals surface area contributed by atoms with Crippen molar-refractivity contribution in [3.05, 3.63) is 83.8 Å². The van der Waals surface area contributed by atoms with E-state index < -0.39 is 24.0 Å². The molecule has 0 aliphatic carbocycles. The number of nitrogens with one attached hydrogen (secondary N) is 1. The minimum Gasteiger partial charge on any atom is -0.484 e. The lowest BCUT2D eigenvalue weighted by atomic mass is 10.00. The SMILES string of the molecule is C[C@H](NC(=O)C(C)(F)F)[C@H](Oc1ccc2c(cnn2-c2ccc(F)cc2)c1)c1ccc2c(c1)OCOC2. The van der Waals surface area contributed by atoms with Crippen LogP contribution in [-0.4, -0.2) is 34.4 Å². The topological polar surface area (TPSA) is 74.6 Å². The van der Waals surface area contributed by atoms with Gasteiger partial charge in [0.25, 0.3) is 5.91 Å². The van der Waals surface area contributed by atoms with Crippen molar-refractivity contribution in [3.63, 3.8) is 0 Å². The first kappa shape index (κ1) is 24.6. The van der Waals surface area contributed by atoms with Gasteiger partial charge >= 0.3 is 5.92 Å². The van der Waals surface area contributed by atoms with Crippen molar-refractivity contribution < 1.29 is 32.2 Å². The Morgan fingerprint density at radius 1 is 1.14 bits per heavy atom. The van der Waals surface area contributed by atoms with Crippen molar-refractivity contribution in [2.45, 2.75) is 38.5 Å². The largest absolute Gasteiger partial charge is 0.484 e. The van der Waals surface area contributed by atoms with Gasteiger partial charge in [0.2, 0.25) is 0 Å². The number of carbonyl (C=O) groups excluding carboxylic acids is 1. The van der Waals surface area contributed by atoms with Crippen molar-refractivity contribution in [2.75, 3.05) is 6.79 Å². The van der Waals surface area contributed by atoms with Crippen LogP contribution in [0.25, 0.3) is 16.6 Å². The van der Waals surface area contributed by atoms with Gasteiger partial charge in [-0.3, -0.25) is 4.79 Å². The van der Waals surface area contributed by atoms with Crippen LogP contribution < -0.4 is 14.8 Å². The number of fused-ring (bicyclic) bond motifs is 2. The van der Waals surface area contributed by atoms with Gasteiger partial charge in [0, 0.05) is 17.9 Å². The zero-order valence-electron chi connectivity index (χ0n) is 20.1. The lowest BCUT2D eigenvalue weighted by Crippen LogP contribution is -2.46. The monoisotopic (exact) mass is 511 g/mol. The molecule has 0 fully saturated rings. The first-order chi connectivity index (χ1) is 17.7. The smallest absolute Gasteiger partial charge is 0.321 e.